The van der Waals surface area contributed by atoms with Crippen LogP contribution in [0, 0.1) is 29.6 Å². The van der Waals surface area contributed by atoms with Crippen LogP contribution in [-0.2, 0) is 14.4 Å². The van der Waals surface area contributed by atoms with E-state index in [1.54, 1.807) is 24.3 Å². The third kappa shape index (κ3) is 2.26. The van der Waals surface area contributed by atoms with E-state index >= 15 is 0 Å². The fourth-order valence-corrected chi connectivity index (χ4v) is 6.22. The molecule has 29 heavy (non-hydrogen) atoms. The smallest absolute Gasteiger partial charge is 0.238 e. The van der Waals surface area contributed by atoms with Crippen molar-refractivity contribution in [3.05, 3.63) is 64.1 Å². The Morgan fingerprint density at radius 2 is 1.59 bits per heavy atom. The maximum Gasteiger partial charge on any atom is 0.238 e. The van der Waals surface area contributed by atoms with E-state index in [9.17, 15) is 9.59 Å². The molecule has 4 aliphatic rings. The molecule has 2 aliphatic heterocycles. The molecule has 0 radical (unpaired) electrons. The van der Waals surface area contributed by atoms with Gasteiger partial charge in [0.25, 0.3) is 0 Å². The summed E-state index contributed by atoms with van der Waals surface area (Å²) in [5, 5.41) is 5.52. The Bertz CT molecular complexity index is 1080. The third-order valence-corrected chi connectivity index (χ3v) is 7.51. The zero-order chi connectivity index (χ0) is 19.9. The Labute approximate surface area is 177 Å². The molecule has 7 heteroatoms. The molecule has 0 spiro atoms. The zero-order valence-corrected chi connectivity index (χ0v) is 16.7. The monoisotopic (exact) mass is 426 g/mol. The minimum absolute atomic E-state index is 0.00696. The number of benzene rings is 2. The quantitative estimate of drug-likeness (QED) is 0.677. The lowest BCUT2D eigenvalue weighted by Crippen LogP contribution is -2.41. The van der Waals surface area contributed by atoms with Crippen molar-refractivity contribution in [3.63, 3.8) is 0 Å². The summed E-state index contributed by atoms with van der Waals surface area (Å²) in [6.07, 6.45) is 0.634. The Kier molecular flexibility index (Phi) is 3.66. The SMILES string of the molecule is O=C1C2C3CC(C4C(c5ccccc5Cl)=NOC34)C2C(=O)N1c1ccc(Cl)cc1. The molecule has 3 fully saturated rings. The summed E-state index contributed by atoms with van der Waals surface area (Å²) in [4.78, 5) is 33.7. The second-order valence-electron chi connectivity index (χ2n) is 8.16. The molecule has 5 nitrogen and oxygen atoms in total. The molecule has 6 atom stereocenters. The number of nitrogens with zero attached hydrogens (tertiary/aromatic N) is 2. The van der Waals surface area contributed by atoms with Crippen molar-refractivity contribution >= 4 is 46.4 Å². The van der Waals surface area contributed by atoms with Gasteiger partial charge >= 0.3 is 0 Å². The standard InChI is InChI=1S/C22H16Cl2N2O3/c23-10-5-7-11(8-6-10)26-21(27)16-13-9-14(17(16)22(26)28)20-18(13)19(25-29-20)12-3-1-2-4-15(12)24/h1-8,13-14,16-18,20H,9H2. The fraction of sp³-hybridized carbons (Fsp3) is 0.318. The molecular formula is C22H16Cl2N2O3. The van der Waals surface area contributed by atoms with Crippen molar-refractivity contribution in [3.8, 4) is 0 Å². The third-order valence-electron chi connectivity index (χ3n) is 6.93. The van der Waals surface area contributed by atoms with Crippen LogP contribution in [-0.4, -0.2) is 23.6 Å². The van der Waals surface area contributed by atoms with Gasteiger partial charge < -0.3 is 4.84 Å². The Hall–Kier alpha value is -2.37. The van der Waals surface area contributed by atoms with Gasteiger partial charge in [0, 0.05) is 27.4 Å². The lowest BCUT2D eigenvalue weighted by atomic mass is 9.71. The van der Waals surface area contributed by atoms with Crippen LogP contribution in [0.25, 0.3) is 0 Å². The number of imide groups is 1. The highest BCUT2D eigenvalue weighted by atomic mass is 35.5. The van der Waals surface area contributed by atoms with Crippen LogP contribution in [0.5, 0.6) is 0 Å². The van der Waals surface area contributed by atoms with Crippen molar-refractivity contribution < 1.29 is 14.4 Å². The highest BCUT2D eigenvalue weighted by Gasteiger charge is 2.70. The van der Waals surface area contributed by atoms with E-state index < -0.39 is 0 Å². The summed E-state index contributed by atoms with van der Waals surface area (Å²) in [6.45, 7) is 0. The van der Waals surface area contributed by atoms with Crippen molar-refractivity contribution in [2.75, 3.05) is 4.90 Å². The molecule has 2 saturated carbocycles. The van der Waals surface area contributed by atoms with E-state index in [-0.39, 0.29) is 47.5 Å². The van der Waals surface area contributed by atoms with Gasteiger partial charge in [0.05, 0.1) is 23.2 Å². The van der Waals surface area contributed by atoms with Gasteiger partial charge in [-0.25, -0.2) is 0 Å². The number of carbonyl (C=O) groups excluding carboxylic acids is 2. The Morgan fingerprint density at radius 1 is 0.897 bits per heavy atom. The van der Waals surface area contributed by atoms with Crippen molar-refractivity contribution in [1.29, 1.82) is 0 Å². The predicted octanol–water partition coefficient (Wildman–Crippen LogP) is 4.17. The fourth-order valence-electron chi connectivity index (χ4n) is 5.86. The van der Waals surface area contributed by atoms with E-state index in [1.807, 2.05) is 24.3 Å². The summed E-state index contributed by atoms with van der Waals surface area (Å²) < 4.78 is 0. The molecule has 0 N–H and O–H groups in total. The highest BCUT2D eigenvalue weighted by Crippen LogP contribution is 2.62. The molecule has 1 saturated heterocycles. The molecule has 6 unspecified atom stereocenters. The minimum atomic E-state index is -0.342. The lowest BCUT2D eigenvalue weighted by Gasteiger charge is -2.30. The maximum absolute atomic E-state index is 13.3. The van der Waals surface area contributed by atoms with E-state index in [0.717, 1.165) is 17.7 Å². The molecular weight excluding hydrogens is 411 g/mol. The molecule has 2 amide bonds. The molecule has 2 bridgehead atoms. The number of hydrogen-bond acceptors (Lipinski definition) is 4. The first kappa shape index (κ1) is 17.5. The number of rotatable bonds is 2. The van der Waals surface area contributed by atoms with Gasteiger partial charge in [-0.1, -0.05) is 46.6 Å². The second kappa shape index (κ2) is 6.07. The number of halogens is 2. The number of carbonyl (C=O) groups is 2. The van der Waals surface area contributed by atoms with E-state index in [0.29, 0.717) is 15.7 Å². The maximum atomic E-state index is 13.3. The highest BCUT2D eigenvalue weighted by molar-refractivity contribution is 6.34. The Morgan fingerprint density at radius 3 is 2.31 bits per heavy atom. The van der Waals surface area contributed by atoms with E-state index in [2.05, 4.69) is 5.16 Å². The summed E-state index contributed by atoms with van der Waals surface area (Å²) in [5.74, 6) is -0.928. The molecule has 0 aromatic heterocycles. The number of hydrogen-bond donors (Lipinski definition) is 0. The summed E-state index contributed by atoms with van der Waals surface area (Å²) >= 11 is 12.4. The minimum Gasteiger partial charge on any atom is -0.391 e. The first-order chi connectivity index (χ1) is 14.1. The van der Waals surface area contributed by atoms with Crippen LogP contribution in [0.15, 0.2) is 53.7 Å². The van der Waals surface area contributed by atoms with Gasteiger partial charge in [0.2, 0.25) is 11.8 Å². The topological polar surface area (TPSA) is 59.0 Å². The van der Waals surface area contributed by atoms with Gasteiger partial charge in [-0.05, 0) is 42.7 Å². The average molecular weight is 427 g/mol. The van der Waals surface area contributed by atoms with E-state index in [4.69, 9.17) is 28.0 Å². The molecule has 2 heterocycles. The Balaban J connectivity index is 1.37. The van der Waals surface area contributed by atoms with Gasteiger partial charge in [0.15, 0.2) is 0 Å². The van der Waals surface area contributed by atoms with Crippen LogP contribution in [0.3, 0.4) is 0 Å². The van der Waals surface area contributed by atoms with Crippen molar-refractivity contribution in [2.24, 2.45) is 34.7 Å². The van der Waals surface area contributed by atoms with Gasteiger partial charge in [-0.15, -0.1) is 0 Å². The van der Waals surface area contributed by atoms with Crippen LogP contribution in [0.4, 0.5) is 5.69 Å². The van der Waals surface area contributed by atoms with Gasteiger partial charge in [-0.3, -0.25) is 14.5 Å². The first-order valence-electron chi connectivity index (χ1n) is 9.68. The summed E-state index contributed by atoms with van der Waals surface area (Å²) in [6, 6.07) is 14.4. The number of anilines is 1. The predicted molar refractivity (Wildman–Crippen MR) is 109 cm³/mol. The van der Waals surface area contributed by atoms with Crippen LogP contribution >= 0.6 is 23.2 Å². The molecule has 2 aromatic rings. The van der Waals surface area contributed by atoms with Crippen LogP contribution < -0.4 is 4.90 Å². The second-order valence-corrected chi connectivity index (χ2v) is 9.00. The van der Waals surface area contributed by atoms with Crippen molar-refractivity contribution in [1.82, 2.24) is 0 Å². The molecule has 6 rings (SSSR count). The van der Waals surface area contributed by atoms with E-state index in [1.165, 1.54) is 4.90 Å². The van der Waals surface area contributed by atoms with Gasteiger partial charge in [-0.2, -0.15) is 0 Å². The number of amides is 2. The summed E-state index contributed by atoms with van der Waals surface area (Å²) in [7, 11) is 0. The lowest BCUT2D eigenvalue weighted by molar-refractivity contribution is -0.125. The molecule has 146 valence electrons. The van der Waals surface area contributed by atoms with Crippen LogP contribution in [0.2, 0.25) is 10.0 Å². The van der Waals surface area contributed by atoms with Gasteiger partial charge in [0.1, 0.15) is 6.10 Å². The van der Waals surface area contributed by atoms with Crippen LogP contribution in [0.1, 0.15) is 12.0 Å². The first-order valence-corrected chi connectivity index (χ1v) is 10.4. The molecule has 2 aromatic carbocycles. The largest absolute Gasteiger partial charge is 0.391 e. The zero-order valence-electron chi connectivity index (χ0n) is 15.2. The normalized spacial score (nSPS) is 34.3. The molecule has 2 aliphatic carbocycles. The van der Waals surface area contributed by atoms with Crippen molar-refractivity contribution in [2.45, 2.75) is 12.5 Å². The number of fused-ring (bicyclic) bond motifs is 8. The summed E-state index contributed by atoms with van der Waals surface area (Å²) in [5.41, 5.74) is 2.22. The number of oxime groups is 1. The average Bonchev–Trinajstić information content (AvgIpc) is 3.44.